The molecule has 0 N–H and O–H groups in total. The molecule has 1 aliphatic heterocycles. The molecule has 5 nitrogen and oxygen atoms in total. The van der Waals surface area contributed by atoms with E-state index in [2.05, 4.69) is 0 Å². The minimum atomic E-state index is -0.843. The first-order valence-electron chi connectivity index (χ1n) is 9.57. The number of anilines is 2. The highest BCUT2D eigenvalue weighted by molar-refractivity contribution is 6.23. The Morgan fingerprint density at radius 1 is 0.821 bits per heavy atom. The monoisotopic (exact) mass is 378 g/mol. The summed E-state index contributed by atoms with van der Waals surface area (Å²) in [4.78, 5) is 38.6. The van der Waals surface area contributed by atoms with Crippen LogP contribution in [-0.4, -0.2) is 17.6 Å². The molecule has 3 rings (SSSR count). The Balaban J connectivity index is 1.86. The second-order valence-corrected chi connectivity index (χ2v) is 8.34. The van der Waals surface area contributed by atoms with E-state index in [4.69, 9.17) is 0 Å². The molecule has 28 heavy (non-hydrogen) atoms. The first-order chi connectivity index (χ1) is 13.3. The van der Waals surface area contributed by atoms with Crippen LogP contribution in [0.25, 0.3) is 0 Å². The largest absolute Gasteiger partial charge is 0.300 e. The minimum absolute atomic E-state index is 0.0810. The van der Waals surface area contributed by atoms with E-state index in [1.165, 1.54) is 10.0 Å². The molecule has 0 saturated carbocycles. The van der Waals surface area contributed by atoms with Crippen molar-refractivity contribution in [3.05, 3.63) is 60.7 Å². The van der Waals surface area contributed by atoms with Gasteiger partial charge < -0.3 is 0 Å². The number of hydrogen-bond donors (Lipinski definition) is 0. The Labute approximate surface area is 165 Å². The predicted molar refractivity (Wildman–Crippen MR) is 110 cm³/mol. The van der Waals surface area contributed by atoms with E-state index < -0.39 is 5.92 Å². The minimum Gasteiger partial charge on any atom is -0.300 e. The fourth-order valence-electron chi connectivity index (χ4n) is 3.45. The zero-order valence-corrected chi connectivity index (χ0v) is 16.6. The van der Waals surface area contributed by atoms with E-state index in [0.717, 1.165) is 0 Å². The van der Waals surface area contributed by atoms with Crippen LogP contribution in [0.1, 0.15) is 40.0 Å². The summed E-state index contributed by atoms with van der Waals surface area (Å²) in [5, 5.41) is 2.85. The maximum absolute atomic E-state index is 13.1. The van der Waals surface area contributed by atoms with Crippen molar-refractivity contribution in [2.45, 2.75) is 40.0 Å². The zero-order chi connectivity index (χ0) is 20.3. The predicted octanol–water partition coefficient (Wildman–Crippen LogP) is 4.38. The van der Waals surface area contributed by atoms with E-state index >= 15 is 0 Å². The Morgan fingerprint density at radius 3 is 1.64 bits per heavy atom. The molecule has 1 saturated heterocycles. The van der Waals surface area contributed by atoms with Crippen molar-refractivity contribution in [1.29, 1.82) is 0 Å². The van der Waals surface area contributed by atoms with Crippen molar-refractivity contribution in [1.82, 2.24) is 0 Å². The molecule has 0 unspecified atom stereocenters. The van der Waals surface area contributed by atoms with Crippen LogP contribution in [-0.2, 0) is 14.4 Å². The van der Waals surface area contributed by atoms with Gasteiger partial charge >= 0.3 is 0 Å². The van der Waals surface area contributed by atoms with Crippen LogP contribution in [0.2, 0.25) is 0 Å². The van der Waals surface area contributed by atoms with Crippen LogP contribution < -0.4 is 10.0 Å². The fourth-order valence-corrected chi connectivity index (χ4v) is 3.45. The number of benzene rings is 2. The second-order valence-electron chi connectivity index (χ2n) is 8.34. The van der Waals surface area contributed by atoms with Crippen molar-refractivity contribution >= 4 is 29.0 Å². The molecule has 1 heterocycles. The molecule has 2 amide bonds. The van der Waals surface area contributed by atoms with Crippen molar-refractivity contribution in [2.24, 2.45) is 11.3 Å². The summed E-state index contributed by atoms with van der Waals surface area (Å²) < 4.78 is 0. The fraction of sp³-hybridized carbons (Fsp3) is 0.348. The Morgan fingerprint density at radius 2 is 1.25 bits per heavy atom. The number of hydrazine groups is 1. The number of amides is 2. The zero-order valence-electron chi connectivity index (χ0n) is 16.6. The quantitative estimate of drug-likeness (QED) is 0.701. The molecule has 0 aliphatic carbocycles. The standard InChI is InChI=1S/C23H26N2O3/c1-23(2,3)16-19(26)14-15-20-21(27)24(17-10-6-4-7-11-17)25(22(20)28)18-12-8-5-9-13-18/h4-13,20H,14-16H2,1-3H3. The summed E-state index contributed by atoms with van der Waals surface area (Å²) in [7, 11) is 0. The highest BCUT2D eigenvalue weighted by atomic mass is 16.2. The summed E-state index contributed by atoms with van der Waals surface area (Å²) in [6.45, 7) is 6.02. The Bertz CT molecular complexity index is 799. The maximum atomic E-state index is 13.1. The van der Waals surface area contributed by atoms with Gasteiger partial charge in [-0.25, -0.2) is 10.0 Å². The van der Waals surface area contributed by atoms with Gasteiger partial charge in [-0.3, -0.25) is 14.4 Å². The average Bonchev–Trinajstić information content (AvgIpc) is 2.90. The molecule has 0 aromatic heterocycles. The SMILES string of the molecule is CC(C)(C)CC(=O)CCC1C(=O)N(c2ccccc2)N(c2ccccc2)C1=O. The molecule has 1 fully saturated rings. The maximum Gasteiger partial charge on any atom is 0.258 e. The van der Waals surface area contributed by atoms with Gasteiger partial charge in [-0.05, 0) is 36.1 Å². The molecule has 2 aromatic rings. The number of hydrogen-bond acceptors (Lipinski definition) is 3. The van der Waals surface area contributed by atoms with E-state index in [1.807, 2.05) is 57.2 Å². The molecule has 0 radical (unpaired) electrons. The van der Waals surface area contributed by atoms with Gasteiger partial charge in [-0.15, -0.1) is 0 Å². The van der Waals surface area contributed by atoms with Crippen LogP contribution in [0.15, 0.2) is 60.7 Å². The van der Waals surface area contributed by atoms with Gasteiger partial charge in [0.1, 0.15) is 11.7 Å². The number of carbonyl (C=O) groups excluding carboxylic acids is 3. The van der Waals surface area contributed by atoms with Crippen molar-refractivity contribution in [3.63, 3.8) is 0 Å². The third kappa shape index (κ3) is 4.30. The molecule has 0 atom stereocenters. The lowest BCUT2D eigenvalue weighted by Crippen LogP contribution is -2.41. The first kappa shape index (κ1) is 19.8. The van der Waals surface area contributed by atoms with Crippen LogP contribution in [0.4, 0.5) is 11.4 Å². The number of ketones is 1. The lowest BCUT2D eigenvalue weighted by Gasteiger charge is -2.27. The van der Waals surface area contributed by atoms with Gasteiger partial charge in [0.15, 0.2) is 0 Å². The number of carbonyl (C=O) groups is 3. The summed E-state index contributed by atoms with van der Waals surface area (Å²) in [5.41, 5.74) is 1.16. The van der Waals surface area contributed by atoms with Crippen LogP contribution in [0, 0.1) is 11.3 Å². The van der Waals surface area contributed by atoms with Crippen LogP contribution in [0.3, 0.4) is 0 Å². The molecular weight excluding hydrogens is 352 g/mol. The first-order valence-corrected chi connectivity index (χ1v) is 9.57. The van der Waals surface area contributed by atoms with Crippen molar-refractivity contribution < 1.29 is 14.4 Å². The number of Topliss-reactive ketones (excluding diaryl/α,β-unsaturated/α-hetero) is 1. The molecule has 5 heteroatoms. The van der Waals surface area contributed by atoms with Gasteiger partial charge in [0.05, 0.1) is 11.4 Å². The second kappa shape index (κ2) is 7.97. The van der Waals surface area contributed by atoms with Gasteiger partial charge in [0.2, 0.25) is 0 Å². The number of rotatable bonds is 6. The van der Waals surface area contributed by atoms with E-state index in [-0.39, 0.29) is 35.9 Å². The molecule has 0 spiro atoms. The summed E-state index contributed by atoms with van der Waals surface area (Å²) in [6, 6.07) is 18.2. The van der Waals surface area contributed by atoms with Crippen LogP contribution >= 0.6 is 0 Å². The Hall–Kier alpha value is -2.95. The smallest absolute Gasteiger partial charge is 0.258 e. The normalized spacial score (nSPS) is 15.4. The molecule has 146 valence electrons. The van der Waals surface area contributed by atoms with E-state index in [9.17, 15) is 14.4 Å². The molecule has 2 aromatic carbocycles. The Kier molecular flexibility index (Phi) is 5.63. The third-order valence-corrected chi connectivity index (χ3v) is 4.65. The van der Waals surface area contributed by atoms with Gasteiger partial charge in [-0.1, -0.05) is 57.2 Å². The number of para-hydroxylation sites is 2. The summed E-state index contributed by atoms with van der Waals surface area (Å²) in [6.07, 6.45) is 0.900. The van der Waals surface area contributed by atoms with Gasteiger partial charge in [-0.2, -0.15) is 0 Å². The van der Waals surface area contributed by atoms with Gasteiger partial charge in [0, 0.05) is 12.8 Å². The van der Waals surface area contributed by atoms with E-state index in [0.29, 0.717) is 17.8 Å². The van der Waals surface area contributed by atoms with Crippen LogP contribution in [0.5, 0.6) is 0 Å². The third-order valence-electron chi connectivity index (χ3n) is 4.65. The number of nitrogens with zero attached hydrogens (tertiary/aromatic N) is 2. The summed E-state index contributed by atoms with van der Waals surface area (Å²) in [5.74, 6) is -1.34. The topological polar surface area (TPSA) is 57.7 Å². The molecule has 1 aliphatic rings. The molecule has 0 bridgehead atoms. The average molecular weight is 378 g/mol. The van der Waals surface area contributed by atoms with Crippen molar-refractivity contribution in [2.75, 3.05) is 10.0 Å². The van der Waals surface area contributed by atoms with Crippen molar-refractivity contribution in [3.8, 4) is 0 Å². The van der Waals surface area contributed by atoms with E-state index in [1.54, 1.807) is 24.3 Å². The van der Waals surface area contributed by atoms with Gasteiger partial charge in [0.25, 0.3) is 11.8 Å². The summed E-state index contributed by atoms with van der Waals surface area (Å²) >= 11 is 0. The lowest BCUT2D eigenvalue weighted by atomic mass is 9.87. The highest BCUT2D eigenvalue weighted by Gasteiger charge is 2.46. The highest BCUT2D eigenvalue weighted by Crippen LogP contribution is 2.33. The lowest BCUT2D eigenvalue weighted by molar-refractivity contribution is -0.127. The molecular formula is C23H26N2O3.